The molecule has 0 spiro atoms. The summed E-state index contributed by atoms with van der Waals surface area (Å²) in [6.07, 6.45) is 0. The summed E-state index contributed by atoms with van der Waals surface area (Å²) in [7, 11) is 0. The summed E-state index contributed by atoms with van der Waals surface area (Å²) >= 11 is 7.19. The van der Waals surface area contributed by atoms with E-state index in [-0.39, 0.29) is 23.0 Å². The zero-order valence-corrected chi connectivity index (χ0v) is 18.8. The Kier molecular flexibility index (Phi) is 7.02. The van der Waals surface area contributed by atoms with Crippen LogP contribution in [0, 0.1) is 0 Å². The van der Waals surface area contributed by atoms with Gasteiger partial charge in [-0.3, -0.25) is 14.4 Å². The van der Waals surface area contributed by atoms with Crippen LogP contribution in [0.15, 0.2) is 94.9 Å². The van der Waals surface area contributed by atoms with Crippen molar-refractivity contribution in [3.63, 3.8) is 0 Å². The number of thioether (sulfide) groups is 1. The van der Waals surface area contributed by atoms with Crippen LogP contribution in [-0.2, 0) is 4.79 Å². The molecule has 0 saturated carbocycles. The molecule has 0 atom stereocenters. The van der Waals surface area contributed by atoms with Crippen LogP contribution in [0.2, 0.25) is 5.02 Å². The number of ketones is 1. The van der Waals surface area contributed by atoms with Crippen LogP contribution in [-0.4, -0.2) is 27.4 Å². The number of hydrogen-bond acceptors (Lipinski definition) is 5. The highest BCUT2D eigenvalue weighted by Gasteiger charge is 2.16. The van der Waals surface area contributed by atoms with E-state index < -0.39 is 0 Å². The maximum atomic E-state index is 12.9. The van der Waals surface area contributed by atoms with E-state index >= 15 is 0 Å². The van der Waals surface area contributed by atoms with E-state index in [0.29, 0.717) is 32.7 Å². The smallest absolute Gasteiger partial charge is 0.252 e. The Morgan fingerprint density at radius 1 is 0.939 bits per heavy atom. The number of anilines is 1. The van der Waals surface area contributed by atoms with E-state index in [1.807, 2.05) is 36.4 Å². The third-order valence-electron chi connectivity index (χ3n) is 4.67. The Balaban J connectivity index is 1.49. The average Bonchev–Trinajstić information content (AvgIpc) is 2.84. The summed E-state index contributed by atoms with van der Waals surface area (Å²) in [6, 6.07) is 24.2. The van der Waals surface area contributed by atoms with Crippen molar-refractivity contribution < 1.29 is 9.59 Å². The standard InChI is InChI=1S/C25H18ClN3O3S/c26-18-11-12-20(19(13-18)24(32)17-9-5-2-6-10-17)27-23(31)15-33-25-28-21(14-22(30)29-25)16-7-3-1-4-8-16/h1-14H,15H2,(H,27,31)(H,28,29,30). The van der Waals surface area contributed by atoms with E-state index in [9.17, 15) is 14.4 Å². The molecule has 1 aromatic heterocycles. The highest BCUT2D eigenvalue weighted by molar-refractivity contribution is 7.99. The highest BCUT2D eigenvalue weighted by atomic mass is 35.5. The number of nitrogens with zero attached hydrogens (tertiary/aromatic N) is 1. The quantitative estimate of drug-likeness (QED) is 0.221. The second kappa shape index (κ2) is 10.3. The molecule has 0 radical (unpaired) electrons. The van der Waals surface area contributed by atoms with Crippen molar-refractivity contribution >= 4 is 40.7 Å². The number of rotatable bonds is 7. The normalized spacial score (nSPS) is 10.6. The molecule has 3 aromatic carbocycles. The van der Waals surface area contributed by atoms with E-state index in [2.05, 4.69) is 15.3 Å². The van der Waals surface area contributed by atoms with Gasteiger partial charge in [-0.1, -0.05) is 84.0 Å². The molecule has 0 fully saturated rings. The first-order chi connectivity index (χ1) is 16.0. The van der Waals surface area contributed by atoms with Crippen LogP contribution in [0.1, 0.15) is 15.9 Å². The fourth-order valence-corrected chi connectivity index (χ4v) is 3.99. The molecule has 4 aromatic rings. The predicted octanol–water partition coefficient (Wildman–Crippen LogP) is 5.05. The maximum absolute atomic E-state index is 12.9. The summed E-state index contributed by atoms with van der Waals surface area (Å²) in [5.74, 6) is -0.609. The number of hydrogen-bond donors (Lipinski definition) is 2. The Morgan fingerprint density at radius 3 is 2.36 bits per heavy atom. The number of benzene rings is 3. The molecule has 0 aliphatic heterocycles. The van der Waals surface area contributed by atoms with E-state index in [1.165, 1.54) is 12.1 Å². The Labute approximate surface area is 199 Å². The highest BCUT2D eigenvalue weighted by Crippen LogP contribution is 2.25. The minimum Gasteiger partial charge on any atom is -0.325 e. The molecule has 0 unspecified atom stereocenters. The third kappa shape index (κ3) is 5.77. The Morgan fingerprint density at radius 2 is 1.64 bits per heavy atom. The minimum atomic E-state index is -0.350. The van der Waals surface area contributed by atoms with Gasteiger partial charge in [-0.05, 0) is 18.2 Å². The van der Waals surface area contributed by atoms with Gasteiger partial charge in [0.05, 0.1) is 17.1 Å². The predicted molar refractivity (Wildman–Crippen MR) is 131 cm³/mol. The van der Waals surface area contributed by atoms with Gasteiger partial charge in [0.2, 0.25) is 5.91 Å². The average molecular weight is 476 g/mol. The lowest BCUT2D eigenvalue weighted by atomic mass is 10.0. The molecule has 0 saturated heterocycles. The molecule has 164 valence electrons. The molecule has 33 heavy (non-hydrogen) atoms. The van der Waals surface area contributed by atoms with Gasteiger partial charge in [0.1, 0.15) is 0 Å². The van der Waals surface area contributed by atoms with Crippen LogP contribution in [0.25, 0.3) is 11.3 Å². The molecule has 0 aliphatic rings. The van der Waals surface area contributed by atoms with E-state index in [1.54, 1.807) is 36.4 Å². The van der Waals surface area contributed by atoms with E-state index in [4.69, 9.17) is 11.6 Å². The van der Waals surface area contributed by atoms with Gasteiger partial charge >= 0.3 is 0 Å². The summed E-state index contributed by atoms with van der Waals surface area (Å²) in [5, 5.41) is 3.48. The van der Waals surface area contributed by atoms with Crippen molar-refractivity contribution in [2.24, 2.45) is 0 Å². The first-order valence-corrected chi connectivity index (χ1v) is 11.3. The van der Waals surface area contributed by atoms with Crippen molar-refractivity contribution in [3.05, 3.63) is 111 Å². The molecule has 0 bridgehead atoms. The molecule has 6 nitrogen and oxygen atoms in total. The van der Waals surface area contributed by atoms with Crippen LogP contribution < -0.4 is 10.9 Å². The van der Waals surface area contributed by atoms with Crippen molar-refractivity contribution in [3.8, 4) is 11.3 Å². The van der Waals surface area contributed by atoms with Gasteiger partial charge in [0.25, 0.3) is 5.56 Å². The Hall–Kier alpha value is -3.68. The van der Waals surface area contributed by atoms with Gasteiger partial charge in [0.15, 0.2) is 10.9 Å². The second-order valence-corrected chi connectivity index (χ2v) is 8.42. The van der Waals surface area contributed by atoms with Crippen LogP contribution in [0.4, 0.5) is 5.69 Å². The zero-order valence-electron chi connectivity index (χ0n) is 17.2. The van der Waals surface area contributed by atoms with Gasteiger partial charge in [-0.2, -0.15) is 0 Å². The van der Waals surface area contributed by atoms with Crippen molar-refractivity contribution in [1.29, 1.82) is 0 Å². The van der Waals surface area contributed by atoms with Crippen LogP contribution in [0.5, 0.6) is 0 Å². The van der Waals surface area contributed by atoms with E-state index in [0.717, 1.165) is 17.3 Å². The van der Waals surface area contributed by atoms with Crippen molar-refractivity contribution in [2.75, 3.05) is 11.1 Å². The van der Waals surface area contributed by atoms with Gasteiger partial charge in [-0.15, -0.1) is 0 Å². The summed E-state index contributed by atoms with van der Waals surface area (Å²) < 4.78 is 0. The number of halogens is 1. The number of aromatic nitrogens is 2. The lowest BCUT2D eigenvalue weighted by Gasteiger charge is -2.11. The first kappa shape index (κ1) is 22.5. The molecule has 2 N–H and O–H groups in total. The number of H-pyrrole nitrogens is 1. The van der Waals surface area contributed by atoms with Crippen LogP contribution in [0.3, 0.4) is 0 Å². The van der Waals surface area contributed by atoms with Crippen LogP contribution >= 0.6 is 23.4 Å². The number of carbonyl (C=O) groups is 2. The first-order valence-electron chi connectivity index (χ1n) is 9.98. The van der Waals surface area contributed by atoms with Gasteiger partial charge in [-0.25, -0.2) is 4.98 Å². The summed E-state index contributed by atoms with van der Waals surface area (Å²) in [5.41, 5.74) is 2.17. The Bertz CT molecular complexity index is 1360. The molecule has 4 rings (SSSR count). The fourth-order valence-electron chi connectivity index (χ4n) is 3.14. The lowest BCUT2D eigenvalue weighted by molar-refractivity contribution is -0.113. The topological polar surface area (TPSA) is 91.9 Å². The SMILES string of the molecule is O=C(CSc1nc(-c2ccccc2)cc(=O)[nH]1)Nc1ccc(Cl)cc1C(=O)c1ccccc1. The molecular formula is C25H18ClN3O3S. The van der Waals surface area contributed by atoms with Crippen molar-refractivity contribution in [1.82, 2.24) is 9.97 Å². The largest absolute Gasteiger partial charge is 0.325 e. The monoisotopic (exact) mass is 475 g/mol. The number of aromatic amines is 1. The summed E-state index contributed by atoms with van der Waals surface area (Å²) in [6.45, 7) is 0. The number of nitrogens with one attached hydrogen (secondary N) is 2. The fraction of sp³-hybridized carbons (Fsp3) is 0.0400. The summed E-state index contributed by atoms with van der Waals surface area (Å²) in [4.78, 5) is 44.7. The molecule has 8 heteroatoms. The third-order valence-corrected chi connectivity index (χ3v) is 5.77. The second-order valence-electron chi connectivity index (χ2n) is 7.02. The van der Waals surface area contributed by atoms with Gasteiger partial charge in [0, 0.05) is 27.8 Å². The number of amides is 1. The lowest BCUT2D eigenvalue weighted by Crippen LogP contribution is -2.18. The zero-order chi connectivity index (χ0) is 23.2. The van der Waals surface area contributed by atoms with Gasteiger partial charge < -0.3 is 10.3 Å². The van der Waals surface area contributed by atoms with Crippen molar-refractivity contribution in [2.45, 2.75) is 5.16 Å². The minimum absolute atomic E-state index is 0.0111. The molecule has 1 heterocycles. The molecular weight excluding hydrogens is 458 g/mol. The molecule has 0 aliphatic carbocycles. The molecule has 1 amide bonds. The number of carbonyl (C=O) groups excluding carboxylic acids is 2. The maximum Gasteiger partial charge on any atom is 0.252 e.